The van der Waals surface area contributed by atoms with E-state index in [1.54, 1.807) is 22.6 Å². The molecule has 0 unspecified atom stereocenters. The molecular formula is C6H4F2INO2. The smallest absolute Gasteiger partial charge is 0.271 e. The summed E-state index contributed by atoms with van der Waals surface area (Å²) in [4.78, 5) is 3.47. The highest BCUT2D eigenvalue weighted by atomic mass is 127. The molecule has 0 atom stereocenters. The van der Waals surface area contributed by atoms with Crippen LogP contribution in [0.2, 0.25) is 0 Å². The van der Waals surface area contributed by atoms with E-state index in [-0.39, 0.29) is 3.70 Å². The van der Waals surface area contributed by atoms with Crippen LogP contribution >= 0.6 is 22.6 Å². The van der Waals surface area contributed by atoms with Crippen molar-refractivity contribution in [2.75, 3.05) is 0 Å². The zero-order valence-electron chi connectivity index (χ0n) is 5.63. The standard InChI is InChI=1S/C6H4F2INO2/c7-5(8)3-2(11)1-10-6(9)4(3)12/h1,5,11-12H. The van der Waals surface area contributed by atoms with Crippen LogP contribution < -0.4 is 0 Å². The van der Waals surface area contributed by atoms with Gasteiger partial charge in [-0.1, -0.05) is 0 Å². The first kappa shape index (κ1) is 9.43. The van der Waals surface area contributed by atoms with Crippen LogP contribution in [0.1, 0.15) is 12.0 Å². The van der Waals surface area contributed by atoms with E-state index in [0.717, 1.165) is 6.20 Å². The second-order valence-electron chi connectivity index (χ2n) is 2.00. The van der Waals surface area contributed by atoms with Gasteiger partial charge in [-0.2, -0.15) is 0 Å². The Bertz CT molecular complexity index is 306. The number of alkyl halides is 2. The highest BCUT2D eigenvalue weighted by Crippen LogP contribution is 2.36. The van der Waals surface area contributed by atoms with Gasteiger partial charge in [0.2, 0.25) is 0 Å². The summed E-state index contributed by atoms with van der Waals surface area (Å²) in [6, 6.07) is 0. The van der Waals surface area contributed by atoms with Gasteiger partial charge < -0.3 is 10.2 Å². The van der Waals surface area contributed by atoms with Crippen molar-refractivity contribution in [1.82, 2.24) is 4.98 Å². The third-order valence-electron chi connectivity index (χ3n) is 1.24. The Labute approximate surface area is 80.2 Å². The molecule has 0 spiro atoms. The van der Waals surface area contributed by atoms with E-state index in [4.69, 9.17) is 10.2 Å². The zero-order valence-corrected chi connectivity index (χ0v) is 7.79. The molecule has 0 fully saturated rings. The molecule has 1 aromatic heterocycles. The van der Waals surface area contributed by atoms with E-state index in [2.05, 4.69) is 4.98 Å². The molecule has 0 amide bonds. The molecule has 66 valence electrons. The Morgan fingerprint density at radius 1 is 1.42 bits per heavy atom. The van der Waals surface area contributed by atoms with Gasteiger partial charge in [0, 0.05) is 0 Å². The van der Waals surface area contributed by atoms with E-state index in [1.807, 2.05) is 0 Å². The number of aromatic nitrogens is 1. The van der Waals surface area contributed by atoms with Crippen LogP contribution in [0.4, 0.5) is 8.78 Å². The summed E-state index contributed by atoms with van der Waals surface area (Å²) >= 11 is 1.59. The lowest BCUT2D eigenvalue weighted by molar-refractivity contribution is 0.143. The van der Waals surface area contributed by atoms with Crippen LogP contribution in [0, 0.1) is 3.70 Å². The van der Waals surface area contributed by atoms with Gasteiger partial charge in [0.05, 0.1) is 6.20 Å². The fourth-order valence-electron chi connectivity index (χ4n) is 0.696. The average Bonchev–Trinajstić information content (AvgIpc) is 1.97. The quantitative estimate of drug-likeness (QED) is 0.614. The minimum atomic E-state index is -2.90. The molecule has 0 aliphatic rings. The highest BCUT2D eigenvalue weighted by molar-refractivity contribution is 14.1. The van der Waals surface area contributed by atoms with Crippen LogP contribution in [0.25, 0.3) is 0 Å². The molecule has 2 N–H and O–H groups in total. The molecule has 6 heteroatoms. The van der Waals surface area contributed by atoms with Crippen molar-refractivity contribution in [3.05, 3.63) is 15.5 Å². The maximum atomic E-state index is 12.1. The Balaban J connectivity index is 3.33. The van der Waals surface area contributed by atoms with E-state index < -0.39 is 23.5 Å². The van der Waals surface area contributed by atoms with Crippen molar-refractivity contribution >= 4 is 22.6 Å². The largest absolute Gasteiger partial charge is 0.506 e. The maximum Gasteiger partial charge on any atom is 0.271 e. The third kappa shape index (κ3) is 1.57. The first-order valence-corrected chi connectivity index (χ1v) is 3.96. The number of halogens is 3. The van der Waals surface area contributed by atoms with Crippen molar-refractivity contribution in [2.24, 2.45) is 0 Å². The summed E-state index contributed by atoms with van der Waals surface area (Å²) < 4.78 is 24.3. The minimum Gasteiger partial charge on any atom is -0.506 e. The van der Waals surface area contributed by atoms with Gasteiger partial charge in [-0.05, 0) is 22.6 Å². The van der Waals surface area contributed by atoms with Crippen LogP contribution in [0.15, 0.2) is 6.20 Å². The monoisotopic (exact) mass is 287 g/mol. The first-order valence-electron chi connectivity index (χ1n) is 2.88. The van der Waals surface area contributed by atoms with E-state index in [9.17, 15) is 8.78 Å². The molecular weight excluding hydrogens is 283 g/mol. The maximum absolute atomic E-state index is 12.1. The van der Waals surface area contributed by atoms with E-state index >= 15 is 0 Å². The normalized spacial score (nSPS) is 10.7. The van der Waals surface area contributed by atoms with Crippen molar-refractivity contribution < 1.29 is 19.0 Å². The van der Waals surface area contributed by atoms with Gasteiger partial charge in [0.15, 0.2) is 5.75 Å². The molecule has 0 bridgehead atoms. The first-order chi connectivity index (χ1) is 5.54. The predicted octanol–water partition coefficient (Wildman–Crippen LogP) is 2.03. The number of pyridine rings is 1. The van der Waals surface area contributed by atoms with Crippen molar-refractivity contribution in [3.8, 4) is 11.5 Å². The summed E-state index contributed by atoms with van der Waals surface area (Å²) in [6.45, 7) is 0. The molecule has 0 aliphatic heterocycles. The predicted molar refractivity (Wildman–Crippen MR) is 45.2 cm³/mol. The highest BCUT2D eigenvalue weighted by Gasteiger charge is 2.20. The lowest BCUT2D eigenvalue weighted by Crippen LogP contribution is -1.91. The van der Waals surface area contributed by atoms with Crippen LogP contribution in [0.3, 0.4) is 0 Å². The van der Waals surface area contributed by atoms with E-state index in [1.165, 1.54) is 0 Å². The van der Waals surface area contributed by atoms with Crippen LogP contribution in [0.5, 0.6) is 11.5 Å². The molecule has 0 aromatic carbocycles. The number of rotatable bonds is 1. The summed E-state index contributed by atoms with van der Waals surface area (Å²) in [5.41, 5.74) is -0.769. The fourth-order valence-corrected chi connectivity index (χ4v) is 1.13. The summed E-state index contributed by atoms with van der Waals surface area (Å²) in [6.07, 6.45) is -2.02. The van der Waals surface area contributed by atoms with Crippen molar-refractivity contribution in [2.45, 2.75) is 6.43 Å². The van der Waals surface area contributed by atoms with E-state index in [0.29, 0.717) is 0 Å². The van der Waals surface area contributed by atoms with Gasteiger partial charge in [0.1, 0.15) is 15.0 Å². The Kier molecular flexibility index (Phi) is 2.65. The molecule has 1 aromatic rings. The lowest BCUT2D eigenvalue weighted by atomic mass is 10.2. The zero-order chi connectivity index (χ0) is 9.30. The molecule has 12 heavy (non-hydrogen) atoms. The number of aromatic hydroxyl groups is 2. The van der Waals surface area contributed by atoms with Crippen LogP contribution in [-0.2, 0) is 0 Å². The average molecular weight is 287 g/mol. The molecule has 0 aliphatic carbocycles. The van der Waals surface area contributed by atoms with Gasteiger partial charge in [-0.25, -0.2) is 13.8 Å². The molecule has 0 saturated carbocycles. The summed E-state index contributed by atoms with van der Waals surface area (Å²) in [5.74, 6) is -1.35. The molecule has 1 heterocycles. The van der Waals surface area contributed by atoms with Gasteiger partial charge in [-0.15, -0.1) is 0 Å². The van der Waals surface area contributed by atoms with Gasteiger partial charge in [0.25, 0.3) is 6.43 Å². The number of hydrogen-bond donors (Lipinski definition) is 2. The topological polar surface area (TPSA) is 53.4 Å². The fraction of sp³-hybridized carbons (Fsp3) is 0.167. The van der Waals surface area contributed by atoms with Crippen molar-refractivity contribution in [1.29, 1.82) is 0 Å². The van der Waals surface area contributed by atoms with Crippen LogP contribution in [-0.4, -0.2) is 15.2 Å². The minimum absolute atomic E-state index is 0.0423. The Hall–Kier alpha value is -0.660. The molecule has 3 nitrogen and oxygen atoms in total. The summed E-state index contributed by atoms with van der Waals surface area (Å²) in [5, 5.41) is 17.9. The Morgan fingerprint density at radius 3 is 2.42 bits per heavy atom. The molecule has 0 radical (unpaired) electrons. The SMILES string of the molecule is Oc1cnc(I)c(O)c1C(F)F. The molecule has 0 saturated heterocycles. The molecule has 1 rings (SSSR count). The lowest BCUT2D eigenvalue weighted by Gasteiger charge is -2.05. The number of nitrogens with zero attached hydrogens (tertiary/aromatic N) is 1. The Morgan fingerprint density at radius 2 is 2.00 bits per heavy atom. The van der Waals surface area contributed by atoms with Gasteiger partial charge >= 0.3 is 0 Å². The summed E-state index contributed by atoms with van der Waals surface area (Å²) in [7, 11) is 0. The van der Waals surface area contributed by atoms with Crippen molar-refractivity contribution in [3.63, 3.8) is 0 Å². The number of hydrogen-bond acceptors (Lipinski definition) is 3. The van der Waals surface area contributed by atoms with Gasteiger partial charge in [-0.3, -0.25) is 0 Å². The second kappa shape index (κ2) is 3.38. The third-order valence-corrected chi connectivity index (χ3v) is 2.03. The second-order valence-corrected chi connectivity index (χ2v) is 3.02.